The van der Waals surface area contributed by atoms with Crippen molar-refractivity contribution < 1.29 is 14.6 Å². The molecule has 0 unspecified atom stereocenters. The van der Waals surface area contributed by atoms with Crippen molar-refractivity contribution in [2.75, 3.05) is 32.1 Å². The molecule has 0 saturated carbocycles. The van der Waals surface area contributed by atoms with E-state index in [1.165, 1.54) is 13.2 Å². The number of hydrogen-bond donors (Lipinski definition) is 3. The van der Waals surface area contributed by atoms with Crippen LogP contribution in [0.15, 0.2) is 18.2 Å². The van der Waals surface area contributed by atoms with Gasteiger partial charge in [0.05, 0.1) is 19.3 Å². The molecule has 1 aromatic rings. The Kier molecular flexibility index (Phi) is 4.81. The third-order valence-electron chi connectivity index (χ3n) is 3.48. The number of anilines is 1. The van der Waals surface area contributed by atoms with Crippen molar-refractivity contribution in [3.63, 3.8) is 0 Å². The Morgan fingerprint density at radius 2 is 2.20 bits per heavy atom. The van der Waals surface area contributed by atoms with Crippen LogP contribution in [0.2, 0.25) is 0 Å². The average molecular weight is 279 g/mol. The number of ether oxygens (including phenoxy) is 1. The van der Waals surface area contributed by atoms with Gasteiger partial charge in [-0.3, -0.25) is 9.69 Å². The fourth-order valence-electron chi connectivity index (χ4n) is 2.25. The first-order valence-corrected chi connectivity index (χ1v) is 6.73. The molecular formula is C14H21N3O3. The number of rotatable bonds is 4. The normalized spacial score (nSPS) is 16.9. The zero-order chi connectivity index (χ0) is 14.5. The molecule has 1 aliphatic heterocycles. The molecule has 0 spiro atoms. The van der Waals surface area contributed by atoms with Crippen molar-refractivity contribution in [2.45, 2.75) is 18.9 Å². The van der Waals surface area contributed by atoms with Crippen LogP contribution in [0.3, 0.4) is 0 Å². The molecule has 0 atom stereocenters. The topological polar surface area (TPSA) is 87.8 Å². The van der Waals surface area contributed by atoms with Gasteiger partial charge in [0.1, 0.15) is 11.5 Å². The van der Waals surface area contributed by atoms with Gasteiger partial charge < -0.3 is 20.9 Å². The molecule has 4 N–H and O–H groups in total. The Balaban J connectivity index is 1.88. The van der Waals surface area contributed by atoms with Gasteiger partial charge in [-0.25, -0.2) is 0 Å². The lowest BCUT2D eigenvalue weighted by Crippen LogP contribution is -2.43. The van der Waals surface area contributed by atoms with Gasteiger partial charge in [0.2, 0.25) is 5.91 Å². The molecule has 0 radical (unpaired) electrons. The van der Waals surface area contributed by atoms with Crippen LogP contribution in [0, 0.1) is 0 Å². The van der Waals surface area contributed by atoms with E-state index in [1.54, 1.807) is 12.1 Å². The number of benzene rings is 1. The number of likely N-dealkylation sites (tertiary alicyclic amines) is 1. The molecule has 1 aliphatic rings. The van der Waals surface area contributed by atoms with Crippen LogP contribution in [-0.4, -0.2) is 48.7 Å². The van der Waals surface area contributed by atoms with Gasteiger partial charge in [-0.1, -0.05) is 0 Å². The first kappa shape index (κ1) is 14.6. The molecule has 0 bridgehead atoms. The highest BCUT2D eigenvalue weighted by Gasteiger charge is 2.18. The third kappa shape index (κ3) is 3.85. The number of nitrogens with one attached hydrogen (secondary N) is 1. The largest absolute Gasteiger partial charge is 0.506 e. The van der Waals surface area contributed by atoms with E-state index in [-0.39, 0.29) is 17.7 Å². The first-order chi connectivity index (χ1) is 9.58. The van der Waals surface area contributed by atoms with Crippen molar-refractivity contribution in [3.05, 3.63) is 18.2 Å². The van der Waals surface area contributed by atoms with Gasteiger partial charge >= 0.3 is 0 Å². The minimum atomic E-state index is -0.138. The number of aromatic hydroxyl groups is 1. The summed E-state index contributed by atoms with van der Waals surface area (Å²) in [6, 6.07) is 5.03. The van der Waals surface area contributed by atoms with Crippen LogP contribution in [0.25, 0.3) is 0 Å². The number of hydrogen-bond acceptors (Lipinski definition) is 5. The Morgan fingerprint density at radius 1 is 1.50 bits per heavy atom. The van der Waals surface area contributed by atoms with Gasteiger partial charge in [-0.05, 0) is 25.0 Å². The Labute approximate surface area is 118 Å². The lowest BCUT2D eigenvalue weighted by Gasteiger charge is -2.29. The highest BCUT2D eigenvalue weighted by Crippen LogP contribution is 2.27. The zero-order valence-electron chi connectivity index (χ0n) is 11.6. The summed E-state index contributed by atoms with van der Waals surface area (Å²) in [6.07, 6.45) is 1.84. The summed E-state index contributed by atoms with van der Waals surface area (Å²) in [5, 5.41) is 12.5. The number of nitrogens with two attached hydrogens (primary N) is 1. The quantitative estimate of drug-likeness (QED) is 0.708. The molecule has 6 nitrogen and oxygen atoms in total. The molecule has 1 amide bonds. The maximum Gasteiger partial charge on any atom is 0.238 e. The van der Waals surface area contributed by atoms with Crippen LogP contribution in [0.1, 0.15) is 12.8 Å². The minimum Gasteiger partial charge on any atom is -0.506 e. The van der Waals surface area contributed by atoms with Gasteiger partial charge in [-0.15, -0.1) is 0 Å². The zero-order valence-corrected chi connectivity index (χ0v) is 11.6. The van der Waals surface area contributed by atoms with Crippen molar-refractivity contribution in [3.8, 4) is 11.5 Å². The molecule has 2 rings (SSSR count). The number of methoxy groups -OCH3 is 1. The number of amides is 1. The molecule has 1 aromatic carbocycles. The van der Waals surface area contributed by atoms with E-state index in [2.05, 4.69) is 10.2 Å². The van der Waals surface area contributed by atoms with Crippen LogP contribution in [0.5, 0.6) is 11.5 Å². The second kappa shape index (κ2) is 6.58. The molecular weight excluding hydrogens is 258 g/mol. The van der Waals surface area contributed by atoms with E-state index in [1.807, 2.05) is 0 Å². The van der Waals surface area contributed by atoms with Gasteiger partial charge in [0.15, 0.2) is 0 Å². The molecule has 1 fully saturated rings. The van der Waals surface area contributed by atoms with Crippen molar-refractivity contribution in [1.82, 2.24) is 4.90 Å². The lowest BCUT2D eigenvalue weighted by molar-refractivity contribution is -0.117. The molecule has 110 valence electrons. The van der Waals surface area contributed by atoms with Gasteiger partial charge in [-0.2, -0.15) is 0 Å². The van der Waals surface area contributed by atoms with Crippen molar-refractivity contribution in [1.29, 1.82) is 0 Å². The SMILES string of the molecule is COc1ccc(NC(=O)CN2CCC(N)CC2)c(O)c1. The number of carbonyl (C=O) groups excluding carboxylic acids is 1. The number of nitrogens with zero attached hydrogens (tertiary/aromatic N) is 1. The summed E-state index contributed by atoms with van der Waals surface area (Å²) in [6.45, 7) is 1.99. The van der Waals surface area contributed by atoms with E-state index >= 15 is 0 Å². The van der Waals surface area contributed by atoms with E-state index in [9.17, 15) is 9.90 Å². The number of piperidine rings is 1. The Hall–Kier alpha value is -1.79. The number of carbonyl (C=O) groups is 1. The van der Waals surface area contributed by atoms with E-state index in [0.29, 0.717) is 18.0 Å². The van der Waals surface area contributed by atoms with Gasteiger partial charge in [0.25, 0.3) is 0 Å². The third-order valence-corrected chi connectivity index (χ3v) is 3.48. The highest BCUT2D eigenvalue weighted by molar-refractivity contribution is 5.93. The van der Waals surface area contributed by atoms with Crippen LogP contribution >= 0.6 is 0 Å². The molecule has 0 aliphatic carbocycles. The number of phenolic OH excluding ortho intramolecular Hbond substituents is 1. The van der Waals surface area contributed by atoms with E-state index < -0.39 is 0 Å². The summed E-state index contributed by atoms with van der Waals surface area (Å²) in [5.74, 6) is 0.407. The summed E-state index contributed by atoms with van der Waals surface area (Å²) < 4.78 is 4.99. The predicted molar refractivity (Wildman–Crippen MR) is 76.9 cm³/mol. The summed E-state index contributed by atoms with van der Waals surface area (Å²) >= 11 is 0. The van der Waals surface area contributed by atoms with Crippen molar-refractivity contribution in [2.24, 2.45) is 5.73 Å². The van der Waals surface area contributed by atoms with Crippen LogP contribution < -0.4 is 15.8 Å². The predicted octanol–water partition coefficient (Wildman–Crippen LogP) is 0.762. The molecule has 0 aromatic heterocycles. The van der Waals surface area contributed by atoms with Crippen LogP contribution in [-0.2, 0) is 4.79 Å². The summed E-state index contributed by atoms with van der Waals surface area (Å²) in [7, 11) is 1.52. The smallest absolute Gasteiger partial charge is 0.238 e. The maximum absolute atomic E-state index is 11.9. The second-order valence-corrected chi connectivity index (χ2v) is 5.04. The molecule has 20 heavy (non-hydrogen) atoms. The van der Waals surface area contributed by atoms with Crippen LogP contribution in [0.4, 0.5) is 5.69 Å². The highest BCUT2D eigenvalue weighted by atomic mass is 16.5. The average Bonchev–Trinajstić information content (AvgIpc) is 2.43. The Morgan fingerprint density at radius 3 is 2.80 bits per heavy atom. The molecule has 6 heteroatoms. The van der Waals surface area contributed by atoms with Crippen molar-refractivity contribution >= 4 is 11.6 Å². The number of phenols is 1. The minimum absolute atomic E-state index is 0.00151. The summed E-state index contributed by atoms with van der Waals surface area (Å²) in [4.78, 5) is 14.0. The Bertz CT molecular complexity index is 471. The standard InChI is InChI=1S/C14H21N3O3/c1-20-11-2-3-12(13(18)8-11)16-14(19)9-17-6-4-10(15)5-7-17/h2-3,8,10,18H,4-7,9,15H2,1H3,(H,16,19). The molecule has 1 saturated heterocycles. The lowest BCUT2D eigenvalue weighted by atomic mass is 10.1. The second-order valence-electron chi connectivity index (χ2n) is 5.04. The van der Waals surface area contributed by atoms with E-state index in [4.69, 9.17) is 10.5 Å². The van der Waals surface area contributed by atoms with E-state index in [0.717, 1.165) is 25.9 Å². The molecule has 1 heterocycles. The fraction of sp³-hybridized carbons (Fsp3) is 0.500. The maximum atomic E-state index is 11.9. The fourth-order valence-corrected chi connectivity index (χ4v) is 2.25. The first-order valence-electron chi connectivity index (χ1n) is 6.73. The summed E-state index contributed by atoms with van der Waals surface area (Å²) in [5.41, 5.74) is 6.22. The monoisotopic (exact) mass is 279 g/mol. The van der Waals surface area contributed by atoms with Gasteiger partial charge in [0, 0.05) is 25.2 Å².